The minimum Gasteiger partial charge on any atom is -0.497 e. The highest BCUT2D eigenvalue weighted by molar-refractivity contribution is 5.92. The highest BCUT2D eigenvalue weighted by Crippen LogP contribution is 2.29. The maximum atomic E-state index is 12.4. The fourth-order valence-electron chi connectivity index (χ4n) is 3.03. The van der Waals surface area contributed by atoms with Gasteiger partial charge in [-0.2, -0.15) is 0 Å². The summed E-state index contributed by atoms with van der Waals surface area (Å²) >= 11 is 0. The van der Waals surface area contributed by atoms with Crippen molar-refractivity contribution in [2.45, 2.75) is 39.3 Å². The number of benzene rings is 2. The number of anilines is 1. The number of ether oxygens (including phenoxy) is 2. The maximum absolute atomic E-state index is 12.4. The lowest BCUT2D eigenvalue weighted by Crippen LogP contribution is -2.33. The highest BCUT2D eigenvalue weighted by Gasteiger charge is 2.15. The van der Waals surface area contributed by atoms with Crippen LogP contribution in [-0.2, 0) is 4.79 Å². The first-order valence-corrected chi connectivity index (χ1v) is 8.78. The normalized spacial score (nSPS) is 13.0. The van der Waals surface area contributed by atoms with Gasteiger partial charge in [-0.15, -0.1) is 0 Å². The standard InChI is InChI=1S/C21H28N2O3/c1-14-8-6-7-9-18(14)16(3)22-15(2)12-21(24)23-19-11-10-17(25-4)13-20(19)26-5/h6-11,13,15-16,22H,12H2,1-5H3,(H,23,24). The van der Waals surface area contributed by atoms with E-state index >= 15 is 0 Å². The number of aryl methyl sites for hydroxylation is 1. The monoisotopic (exact) mass is 356 g/mol. The van der Waals surface area contributed by atoms with E-state index < -0.39 is 0 Å². The summed E-state index contributed by atoms with van der Waals surface area (Å²) < 4.78 is 10.5. The smallest absolute Gasteiger partial charge is 0.226 e. The molecule has 0 aliphatic carbocycles. The lowest BCUT2D eigenvalue weighted by Gasteiger charge is -2.21. The van der Waals surface area contributed by atoms with Crippen LogP contribution in [0, 0.1) is 6.92 Å². The highest BCUT2D eigenvalue weighted by atomic mass is 16.5. The minimum absolute atomic E-state index is 0.0360. The van der Waals surface area contributed by atoms with Crippen molar-refractivity contribution < 1.29 is 14.3 Å². The molecule has 2 aromatic rings. The van der Waals surface area contributed by atoms with Crippen LogP contribution in [-0.4, -0.2) is 26.2 Å². The van der Waals surface area contributed by atoms with Gasteiger partial charge in [-0.3, -0.25) is 4.79 Å². The first kappa shape index (κ1) is 19.8. The van der Waals surface area contributed by atoms with Gasteiger partial charge in [-0.1, -0.05) is 24.3 Å². The average molecular weight is 356 g/mol. The molecule has 26 heavy (non-hydrogen) atoms. The van der Waals surface area contributed by atoms with Gasteiger partial charge in [0, 0.05) is 24.6 Å². The molecule has 0 aliphatic rings. The van der Waals surface area contributed by atoms with Crippen LogP contribution in [0.25, 0.3) is 0 Å². The lowest BCUT2D eigenvalue weighted by molar-refractivity contribution is -0.116. The molecule has 140 valence electrons. The topological polar surface area (TPSA) is 59.6 Å². The van der Waals surface area contributed by atoms with E-state index in [9.17, 15) is 4.79 Å². The SMILES string of the molecule is COc1ccc(NC(=O)CC(C)NC(C)c2ccccc2C)c(OC)c1. The second-order valence-electron chi connectivity index (χ2n) is 6.46. The van der Waals surface area contributed by atoms with E-state index in [4.69, 9.17) is 9.47 Å². The molecule has 0 spiro atoms. The Morgan fingerprint density at radius 1 is 1.08 bits per heavy atom. The molecule has 2 N–H and O–H groups in total. The molecule has 0 radical (unpaired) electrons. The molecule has 0 bridgehead atoms. The molecule has 0 fully saturated rings. The summed E-state index contributed by atoms with van der Waals surface area (Å²) in [5.41, 5.74) is 3.13. The third-order valence-electron chi connectivity index (χ3n) is 4.36. The van der Waals surface area contributed by atoms with Crippen LogP contribution in [0.1, 0.15) is 37.4 Å². The van der Waals surface area contributed by atoms with Crippen LogP contribution in [0.4, 0.5) is 5.69 Å². The number of methoxy groups -OCH3 is 2. The van der Waals surface area contributed by atoms with Gasteiger partial charge in [0.25, 0.3) is 0 Å². The first-order valence-electron chi connectivity index (χ1n) is 8.78. The van der Waals surface area contributed by atoms with E-state index in [2.05, 4.69) is 36.6 Å². The summed E-state index contributed by atoms with van der Waals surface area (Å²) in [5.74, 6) is 1.19. The van der Waals surface area contributed by atoms with Crippen molar-refractivity contribution in [3.05, 3.63) is 53.6 Å². The Hall–Kier alpha value is -2.53. The fraction of sp³-hybridized carbons (Fsp3) is 0.381. The van der Waals surface area contributed by atoms with E-state index in [1.807, 2.05) is 19.1 Å². The largest absolute Gasteiger partial charge is 0.497 e. The second-order valence-corrected chi connectivity index (χ2v) is 6.46. The predicted octanol–water partition coefficient (Wildman–Crippen LogP) is 4.08. The molecular formula is C21H28N2O3. The average Bonchev–Trinajstić information content (AvgIpc) is 2.62. The van der Waals surface area contributed by atoms with Crippen molar-refractivity contribution in [1.82, 2.24) is 5.32 Å². The molecule has 0 aromatic heterocycles. The van der Waals surface area contributed by atoms with Crippen LogP contribution in [0.3, 0.4) is 0 Å². The molecule has 5 nitrogen and oxygen atoms in total. The molecule has 1 amide bonds. The van der Waals surface area contributed by atoms with Crippen LogP contribution in [0.15, 0.2) is 42.5 Å². The zero-order valence-corrected chi connectivity index (χ0v) is 16.1. The number of rotatable bonds is 8. The Morgan fingerprint density at radius 3 is 2.46 bits per heavy atom. The number of hydrogen-bond acceptors (Lipinski definition) is 4. The lowest BCUT2D eigenvalue weighted by atomic mass is 10.0. The molecule has 0 saturated carbocycles. The number of carbonyl (C=O) groups excluding carboxylic acids is 1. The molecule has 0 aliphatic heterocycles. The number of nitrogens with one attached hydrogen (secondary N) is 2. The van der Waals surface area contributed by atoms with Gasteiger partial charge in [0.1, 0.15) is 11.5 Å². The van der Waals surface area contributed by atoms with Gasteiger partial charge in [0.15, 0.2) is 0 Å². The number of amides is 1. The van der Waals surface area contributed by atoms with Gasteiger partial charge in [-0.25, -0.2) is 0 Å². The van der Waals surface area contributed by atoms with E-state index in [1.165, 1.54) is 11.1 Å². The quantitative estimate of drug-likeness (QED) is 0.748. The van der Waals surface area contributed by atoms with Crippen molar-refractivity contribution in [3.8, 4) is 11.5 Å². The van der Waals surface area contributed by atoms with E-state index in [-0.39, 0.29) is 18.0 Å². The summed E-state index contributed by atoms with van der Waals surface area (Å²) in [6, 6.07) is 13.8. The summed E-state index contributed by atoms with van der Waals surface area (Å²) in [7, 11) is 3.16. The van der Waals surface area contributed by atoms with Gasteiger partial charge < -0.3 is 20.1 Å². The Morgan fingerprint density at radius 2 is 1.81 bits per heavy atom. The zero-order valence-electron chi connectivity index (χ0n) is 16.1. The summed E-state index contributed by atoms with van der Waals surface area (Å²) in [5, 5.41) is 6.40. The van der Waals surface area contributed by atoms with Crippen LogP contribution >= 0.6 is 0 Å². The first-order chi connectivity index (χ1) is 12.4. The van der Waals surface area contributed by atoms with Crippen molar-refractivity contribution in [1.29, 1.82) is 0 Å². The Balaban J connectivity index is 1.94. The van der Waals surface area contributed by atoms with E-state index in [0.717, 1.165) is 0 Å². The van der Waals surface area contributed by atoms with Gasteiger partial charge in [0.2, 0.25) is 5.91 Å². The molecule has 5 heteroatoms. The van der Waals surface area contributed by atoms with Crippen molar-refractivity contribution in [2.24, 2.45) is 0 Å². The van der Waals surface area contributed by atoms with Crippen LogP contribution in [0.2, 0.25) is 0 Å². The Labute approximate surface area is 155 Å². The fourth-order valence-corrected chi connectivity index (χ4v) is 3.03. The molecular weight excluding hydrogens is 328 g/mol. The minimum atomic E-state index is -0.0644. The van der Waals surface area contributed by atoms with Gasteiger partial charge in [0.05, 0.1) is 19.9 Å². The Bertz CT molecular complexity index is 746. The van der Waals surface area contributed by atoms with Gasteiger partial charge >= 0.3 is 0 Å². The molecule has 0 saturated heterocycles. The van der Waals surface area contributed by atoms with Gasteiger partial charge in [-0.05, 0) is 44.0 Å². The molecule has 2 aromatic carbocycles. The van der Waals surface area contributed by atoms with Crippen LogP contribution in [0.5, 0.6) is 11.5 Å². The molecule has 0 heterocycles. The third kappa shape index (κ3) is 5.23. The third-order valence-corrected chi connectivity index (χ3v) is 4.36. The Kier molecular flexibility index (Phi) is 7.04. The number of carbonyl (C=O) groups is 1. The van der Waals surface area contributed by atoms with Crippen molar-refractivity contribution >= 4 is 11.6 Å². The number of hydrogen-bond donors (Lipinski definition) is 2. The molecule has 2 atom stereocenters. The van der Waals surface area contributed by atoms with Crippen LogP contribution < -0.4 is 20.1 Å². The summed E-state index contributed by atoms with van der Waals surface area (Å²) in [6.45, 7) is 6.23. The zero-order chi connectivity index (χ0) is 19.1. The summed E-state index contributed by atoms with van der Waals surface area (Å²) in [6.07, 6.45) is 0.366. The summed E-state index contributed by atoms with van der Waals surface area (Å²) in [4.78, 5) is 12.4. The second kappa shape index (κ2) is 9.25. The van der Waals surface area contributed by atoms with E-state index in [0.29, 0.717) is 23.6 Å². The van der Waals surface area contributed by atoms with Crippen molar-refractivity contribution in [3.63, 3.8) is 0 Å². The molecule has 2 rings (SSSR count). The van der Waals surface area contributed by atoms with Crippen molar-refractivity contribution in [2.75, 3.05) is 19.5 Å². The predicted molar refractivity (Wildman–Crippen MR) is 105 cm³/mol. The van der Waals surface area contributed by atoms with E-state index in [1.54, 1.807) is 32.4 Å². The molecule has 2 unspecified atom stereocenters. The maximum Gasteiger partial charge on any atom is 0.226 e.